The van der Waals surface area contributed by atoms with Gasteiger partial charge in [0.25, 0.3) is 5.91 Å². The third kappa shape index (κ3) is 2.24. The van der Waals surface area contributed by atoms with Crippen LogP contribution in [0, 0.1) is 6.92 Å². The Labute approximate surface area is 104 Å². The Hall–Kier alpha value is -0.580. The lowest BCUT2D eigenvalue weighted by Gasteiger charge is -2.29. The first-order valence-corrected chi connectivity index (χ1v) is 6.56. The van der Waals surface area contributed by atoms with E-state index in [0.29, 0.717) is 23.0 Å². The summed E-state index contributed by atoms with van der Waals surface area (Å²) in [5.74, 6) is -0.0538. The Morgan fingerprint density at radius 3 is 3.00 bits per heavy atom. The maximum atomic E-state index is 12.1. The van der Waals surface area contributed by atoms with Crippen LogP contribution in [0.1, 0.15) is 28.1 Å². The topological polar surface area (TPSA) is 40.5 Å². The molecule has 0 bridgehead atoms. The molecule has 3 nitrogen and oxygen atoms in total. The van der Waals surface area contributed by atoms with E-state index >= 15 is 0 Å². The van der Waals surface area contributed by atoms with E-state index in [9.17, 15) is 9.90 Å². The number of likely N-dealkylation sites (tertiary alicyclic amines) is 1. The highest BCUT2D eigenvalue weighted by Crippen LogP contribution is 2.29. The number of hydrogen-bond donors (Lipinski definition) is 1. The van der Waals surface area contributed by atoms with Gasteiger partial charge in [-0.15, -0.1) is 11.3 Å². The van der Waals surface area contributed by atoms with Crippen molar-refractivity contribution in [1.82, 2.24) is 4.90 Å². The fourth-order valence-corrected chi connectivity index (χ4v) is 3.10. The minimum Gasteiger partial charge on any atom is -0.391 e. The minimum absolute atomic E-state index is 0.0538. The number of piperidine rings is 1. The minimum atomic E-state index is -0.391. The first kappa shape index (κ1) is 11.9. The summed E-state index contributed by atoms with van der Waals surface area (Å²) in [4.78, 5) is 14.4. The third-order valence-electron chi connectivity index (χ3n) is 2.78. The summed E-state index contributed by atoms with van der Waals surface area (Å²) in [7, 11) is 0. The second-order valence-electron chi connectivity index (χ2n) is 4.11. The summed E-state index contributed by atoms with van der Waals surface area (Å²) in [5, 5.41) is 12.0. The van der Waals surface area contributed by atoms with Crippen LogP contribution in [-0.4, -0.2) is 35.1 Å². The van der Waals surface area contributed by atoms with Crippen molar-refractivity contribution < 1.29 is 9.90 Å². The van der Waals surface area contributed by atoms with Crippen molar-refractivity contribution in [3.63, 3.8) is 0 Å². The predicted octanol–water partition coefficient (Wildman–Crippen LogP) is 2.31. The van der Waals surface area contributed by atoms with Gasteiger partial charge >= 0.3 is 0 Å². The summed E-state index contributed by atoms with van der Waals surface area (Å²) in [5.41, 5.74) is 0.938. The normalized spacial score (nSPS) is 21.2. The molecule has 1 aliphatic heterocycles. The second-order valence-corrected chi connectivity index (χ2v) is 5.37. The molecule has 0 saturated carbocycles. The van der Waals surface area contributed by atoms with Gasteiger partial charge in [0.2, 0.25) is 0 Å². The molecule has 1 fully saturated rings. The van der Waals surface area contributed by atoms with Gasteiger partial charge in [0.15, 0.2) is 0 Å². The van der Waals surface area contributed by atoms with E-state index in [1.54, 1.807) is 4.90 Å². The highest BCUT2D eigenvalue weighted by Gasteiger charge is 2.25. The molecule has 2 rings (SSSR count). The van der Waals surface area contributed by atoms with Gasteiger partial charge in [0.05, 0.1) is 11.1 Å². The zero-order valence-corrected chi connectivity index (χ0v) is 10.6. The van der Waals surface area contributed by atoms with Crippen LogP contribution < -0.4 is 0 Å². The molecule has 1 N–H and O–H groups in total. The molecular formula is C11H14ClNO2S. The van der Waals surface area contributed by atoms with Gasteiger partial charge in [-0.3, -0.25) is 4.79 Å². The highest BCUT2D eigenvalue weighted by molar-refractivity contribution is 7.13. The first-order valence-electron chi connectivity index (χ1n) is 5.30. The number of carbonyl (C=O) groups is 1. The van der Waals surface area contributed by atoms with Gasteiger partial charge in [0, 0.05) is 13.1 Å². The summed E-state index contributed by atoms with van der Waals surface area (Å²) in [6.45, 7) is 3.02. The van der Waals surface area contributed by atoms with Gasteiger partial charge in [-0.1, -0.05) is 11.6 Å². The number of amides is 1. The number of halogens is 1. The van der Waals surface area contributed by atoms with Crippen molar-refractivity contribution in [2.24, 2.45) is 0 Å². The van der Waals surface area contributed by atoms with Crippen LogP contribution >= 0.6 is 22.9 Å². The van der Waals surface area contributed by atoms with Crippen LogP contribution in [-0.2, 0) is 0 Å². The number of hydrogen-bond acceptors (Lipinski definition) is 3. The van der Waals surface area contributed by atoms with Crippen LogP contribution in [0.5, 0.6) is 0 Å². The Morgan fingerprint density at radius 2 is 2.44 bits per heavy atom. The Morgan fingerprint density at radius 1 is 1.69 bits per heavy atom. The summed E-state index contributed by atoms with van der Waals surface area (Å²) in [6.07, 6.45) is 1.24. The fourth-order valence-electron chi connectivity index (χ4n) is 1.86. The van der Waals surface area contributed by atoms with E-state index in [-0.39, 0.29) is 5.91 Å². The van der Waals surface area contributed by atoms with Crippen molar-refractivity contribution in [3.05, 3.63) is 20.8 Å². The van der Waals surface area contributed by atoms with Crippen LogP contribution in [0.3, 0.4) is 0 Å². The van der Waals surface area contributed by atoms with Gasteiger partial charge in [0.1, 0.15) is 4.88 Å². The second kappa shape index (κ2) is 4.73. The quantitative estimate of drug-likeness (QED) is 0.841. The summed E-state index contributed by atoms with van der Waals surface area (Å²) >= 11 is 7.43. The monoisotopic (exact) mass is 259 g/mol. The van der Waals surface area contributed by atoms with Crippen molar-refractivity contribution in [3.8, 4) is 0 Å². The molecule has 88 valence electrons. The predicted molar refractivity (Wildman–Crippen MR) is 65.2 cm³/mol. The molecule has 1 saturated heterocycles. The van der Waals surface area contributed by atoms with Crippen molar-refractivity contribution in [2.45, 2.75) is 25.9 Å². The summed E-state index contributed by atoms with van der Waals surface area (Å²) in [6, 6.07) is 0. The lowest BCUT2D eigenvalue weighted by Crippen LogP contribution is -2.41. The molecule has 1 aromatic heterocycles. The molecule has 2 heterocycles. The number of thiophene rings is 1. The molecule has 1 aliphatic rings. The average Bonchev–Trinajstić information content (AvgIpc) is 2.59. The van der Waals surface area contributed by atoms with Crippen LogP contribution in [0.2, 0.25) is 5.02 Å². The highest BCUT2D eigenvalue weighted by atomic mass is 35.5. The van der Waals surface area contributed by atoms with Gasteiger partial charge < -0.3 is 10.0 Å². The number of β-amino-alcohol motifs (C(OH)–C–C–N with tert-alkyl or cyclic N) is 1. The number of aliphatic hydroxyl groups is 1. The molecule has 16 heavy (non-hydrogen) atoms. The lowest BCUT2D eigenvalue weighted by molar-refractivity contribution is 0.0478. The SMILES string of the molecule is Cc1csc(C(=O)N2CCC[C@H](O)C2)c1Cl. The van der Waals surface area contributed by atoms with Gasteiger partial charge in [-0.2, -0.15) is 0 Å². The first-order chi connectivity index (χ1) is 7.59. The van der Waals surface area contributed by atoms with E-state index in [2.05, 4.69) is 0 Å². The molecule has 0 aliphatic carbocycles. The van der Waals surface area contributed by atoms with E-state index in [0.717, 1.165) is 18.4 Å². The number of aliphatic hydroxyl groups excluding tert-OH is 1. The summed E-state index contributed by atoms with van der Waals surface area (Å²) < 4.78 is 0. The standard InChI is InChI=1S/C11H14ClNO2S/c1-7-6-16-10(9(7)12)11(15)13-4-2-3-8(14)5-13/h6,8,14H,2-5H2,1H3/t8-/m0/s1. The Bertz CT molecular complexity index is 405. The average molecular weight is 260 g/mol. The maximum Gasteiger partial charge on any atom is 0.265 e. The van der Waals surface area contributed by atoms with E-state index in [1.165, 1.54) is 11.3 Å². The third-order valence-corrected chi connectivity index (χ3v) is 4.46. The van der Waals surface area contributed by atoms with E-state index in [1.807, 2.05) is 12.3 Å². The molecule has 1 aromatic rings. The van der Waals surface area contributed by atoms with Crippen LogP contribution in [0.15, 0.2) is 5.38 Å². The zero-order valence-electron chi connectivity index (χ0n) is 9.07. The molecule has 1 amide bonds. The van der Waals surface area contributed by atoms with Crippen LogP contribution in [0.4, 0.5) is 0 Å². The molecule has 0 spiro atoms. The number of nitrogens with zero attached hydrogens (tertiary/aromatic N) is 1. The van der Waals surface area contributed by atoms with Crippen LogP contribution in [0.25, 0.3) is 0 Å². The molecular weight excluding hydrogens is 246 g/mol. The molecule has 0 unspecified atom stereocenters. The van der Waals surface area contributed by atoms with Gasteiger partial charge in [-0.25, -0.2) is 0 Å². The van der Waals surface area contributed by atoms with Gasteiger partial charge in [-0.05, 0) is 30.7 Å². The maximum absolute atomic E-state index is 12.1. The molecule has 0 aromatic carbocycles. The van der Waals surface area contributed by atoms with Crippen molar-refractivity contribution >= 4 is 28.8 Å². The smallest absolute Gasteiger partial charge is 0.265 e. The number of aryl methyl sites for hydroxylation is 1. The lowest BCUT2D eigenvalue weighted by atomic mass is 10.1. The molecule has 1 atom stereocenters. The number of rotatable bonds is 1. The van der Waals surface area contributed by atoms with E-state index < -0.39 is 6.10 Å². The largest absolute Gasteiger partial charge is 0.391 e. The zero-order chi connectivity index (χ0) is 11.7. The van der Waals surface area contributed by atoms with Crippen molar-refractivity contribution in [1.29, 1.82) is 0 Å². The Kier molecular flexibility index (Phi) is 3.52. The van der Waals surface area contributed by atoms with E-state index in [4.69, 9.17) is 11.6 Å². The number of carbonyl (C=O) groups excluding carboxylic acids is 1. The fraction of sp³-hybridized carbons (Fsp3) is 0.545. The molecule has 5 heteroatoms. The molecule has 0 radical (unpaired) electrons. The van der Waals surface area contributed by atoms with Crippen molar-refractivity contribution in [2.75, 3.05) is 13.1 Å². The Balaban J connectivity index is 2.15.